The van der Waals surface area contributed by atoms with Gasteiger partial charge in [0, 0.05) is 48.2 Å². The summed E-state index contributed by atoms with van der Waals surface area (Å²) < 4.78 is 2.23. The van der Waals surface area contributed by atoms with Crippen LogP contribution in [-0.2, 0) is 13.6 Å². The van der Waals surface area contributed by atoms with Crippen molar-refractivity contribution >= 4 is 52.6 Å². The van der Waals surface area contributed by atoms with E-state index >= 15 is 0 Å². The Labute approximate surface area is 153 Å². The minimum atomic E-state index is 0. The molecule has 0 aliphatic carbocycles. The van der Waals surface area contributed by atoms with Gasteiger partial charge in [0.25, 0.3) is 0 Å². The molecule has 22 heavy (non-hydrogen) atoms. The van der Waals surface area contributed by atoms with Crippen molar-refractivity contribution in [3.63, 3.8) is 0 Å². The molecule has 2 aromatic rings. The monoisotopic (exact) mass is 430 g/mol. The van der Waals surface area contributed by atoms with E-state index in [1.807, 2.05) is 11.8 Å². The van der Waals surface area contributed by atoms with Gasteiger partial charge in [-0.05, 0) is 18.6 Å². The number of hydrogen-bond donors (Lipinski definition) is 1. The van der Waals surface area contributed by atoms with Crippen molar-refractivity contribution in [1.82, 2.24) is 9.47 Å². The zero-order chi connectivity index (χ0) is 14.8. The molecule has 2 N–H and O–H groups in total. The number of benzene rings is 1. The molecule has 2 heterocycles. The number of aliphatic imine (C=N–C) groups is 1. The van der Waals surface area contributed by atoms with E-state index in [1.165, 1.54) is 22.2 Å². The van der Waals surface area contributed by atoms with Crippen LogP contribution in [0.3, 0.4) is 0 Å². The molecule has 1 aromatic carbocycles. The van der Waals surface area contributed by atoms with Gasteiger partial charge in [0.05, 0.1) is 6.54 Å². The Hall–Kier alpha value is -0.890. The van der Waals surface area contributed by atoms with Crippen molar-refractivity contribution in [2.24, 2.45) is 17.8 Å². The lowest BCUT2D eigenvalue weighted by atomic mass is 10.1. The molecule has 0 radical (unpaired) electrons. The first-order valence-electron chi connectivity index (χ1n) is 7.34. The van der Waals surface area contributed by atoms with Crippen LogP contribution in [0.25, 0.3) is 10.9 Å². The third-order valence-corrected chi connectivity index (χ3v) is 5.18. The second-order valence-corrected chi connectivity index (χ2v) is 6.65. The highest BCUT2D eigenvalue weighted by Gasteiger charge is 2.14. The predicted molar refractivity (Wildman–Crippen MR) is 107 cm³/mol. The number of hydrogen-bond acceptors (Lipinski definition) is 2. The molecule has 6 heteroatoms. The Morgan fingerprint density at radius 2 is 1.95 bits per heavy atom. The average molecular weight is 430 g/mol. The van der Waals surface area contributed by atoms with Gasteiger partial charge in [-0.25, -0.2) is 4.99 Å². The first kappa shape index (κ1) is 17.5. The molecule has 0 saturated carbocycles. The number of rotatable bonds is 2. The standard InChI is InChI=1S/C16H22N4S.HI/c1-12-13-5-3-4-6-14(13)19(2)15(12)11-18-16(17)20-7-9-21-10-8-20;/h3-6H,7-11H2,1-2H3,(H2,17,18);1H. The highest BCUT2D eigenvalue weighted by Crippen LogP contribution is 2.24. The molecule has 1 aromatic heterocycles. The molecule has 0 unspecified atom stereocenters. The zero-order valence-electron chi connectivity index (χ0n) is 13.1. The van der Waals surface area contributed by atoms with Gasteiger partial charge < -0.3 is 15.2 Å². The van der Waals surface area contributed by atoms with Crippen LogP contribution in [0.15, 0.2) is 29.3 Å². The summed E-state index contributed by atoms with van der Waals surface area (Å²) in [5, 5.41) is 1.30. The van der Waals surface area contributed by atoms with Crippen molar-refractivity contribution in [2.45, 2.75) is 13.5 Å². The maximum atomic E-state index is 6.15. The maximum Gasteiger partial charge on any atom is 0.191 e. The molecule has 0 amide bonds. The fraction of sp³-hybridized carbons (Fsp3) is 0.438. The van der Waals surface area contributed by atoms with E-state index in [4.69, 9.17) is 5.73 Å². The van der Waals surface area contributed by atoms with Crippen LogP contribution in [-0.4, -0.2) is 40.0 Å². The molecule has 1 aliphatic heterocycles. The molecule has 3 rings (SSSR count). The van der Waals surface area contributed by atoms with Crippen LogP contribution in [0.1, 0.15) is 11.3 Å². The Morgan fingerprint density at radius 1 is 1.27 bits per heavy atom. The van der Waals surface area contributed by atoms with E-state index < -0.39 is 0 Å². The molecule has 0 spiro atoms. The predicted octanol–water partition coefficient (Wildman–Crippen LogP) is 2.97. The number of nitrogens with two attached hydrogens (primary N) is 1. The first-order chi connectivity index (χ1) is 10.2. The lowest BCUT2D eigenvalue weighted by Crippen LogP contribution is -2.42. The van der Waals surface area contributed by atoms with Gasteiger partial charge in [0.2, 0.25) is 0 Å². The van der Waals surface area contributed by atoms with Crippen LogP contribution in [0.2, 0.25) is 0 Å². The number of aryl methyl sites for hydroxylation is 2. The fourth-order valence-electron chi connectivity index (χ4n) is 2.91. The minimum absolute atomic E-state index is 0. The molecular formula is C16H23IN4S. The van der Waals surface area contributed by atoms with E-state index in [2.05, 4.69) is 52.7 Å². The number of para-hydroxylation sites is 1. The normalized spacial score (nSPS) is 15.9. The van der Waals surface area contributed by atoms with Crippen LogP contribution >= 0.6 is 35.7 Å². The Morgan fingerprint density at radius 3 is 2.64 bits per heavy atom. The summed E-state index contributed by atoms with van der Waals surface area (Å²) in [7, 11) is 2.11. The summed E-state index contributed by atoms with van der Waals surface area (Å²) in [6.45, 7) is 4.83. The summed E-state index contributed by atoms with van der Waals surface area (Å²) in [5.74, 6) is 2.96. The summed E-state index contributed by atoms with van der Waals surface area (Å²) in [5.41, 5.74) is 9.95. The molecule has 1 fully saturated rings. The summed E-state index contributed by atoms with van der Waals surface area (Å²) in [6, 6.07) is 8.49. The van der Waals surface area contributed by atoms with Crippen LogP contribution in [0.4, 0.5) is 0 Å². The maximum absolute atomic E-state index is 6.15. The number of guanidine groups is 1. The highest BCUT2D eigenvalue weighted by atomic mass is 127. The van der Waals surface area contributed by atoms with Gasteiger partial charge in [-0.3, -0.25) is 0 Å². The van der Waals surface area contributed by atoms with Gasteiger partial charge in [0.15, 0.2) is 5.96 Å². The Bertz CT molecular complexity index is 635. The molecular weight excluding hydrogens is 407 g/mol. The number of fused-ring (bicyclic) bond motifs is 1. The van der Waals surface area contributed by atoms with E-state index in [9.17, 15) is 0 Å². The molecule has 0 bridgehead atoms. The van der Waals surface area contributed by atoms with Gasteiger partial charge in [-0.2, -0.15) is 11.8 Å². The number of halogens is 1. The van der Waals surface area contributed by atoms with Crippen molar-refractivity contribution in [1.29, 1.82) is 0 Å². The number of aromatic nitrogens is 1. The zero-order valence-corrected chi connectivity index (χ0v) is 16.2. The summed E-state index contributed by atoms with van der Waals surface area (Å²) in [4.78, 5) is 6.81. The van der Waals surface area contributed by atoms with E-state index in [-0.39, 0.29) is 24.0 Å². The molecule has 0 atom stereocenters. The Balaban J connectivity index is 0.00000176. The van der Waals surface area contributed by atoms with Crippen molar-refractivity contribution in [3.8, 4) is 0 Å². The van der Waals surface area contributed by atoms with Gasteiger partial charge in [-0.15, -0.1) is 24.0 Å². The van der Waals surface area contributed by atoms with Gasteiger partial charge in [-0.1, -0.05) is 18.2 Å². The molecule has 1 aliphatic rings. The number of nitrogens with zero attached hydrogens (tertiary/aromatic N) is 3. The van der Waals surface area contributed by atoms with Crippen LogP contribution in [0.5, 0.6) is 0 Å². The lowest BCUT2D eigenvalue weighted by Gasteiger charge is -2.27. The van der Waals surface area contributed by atoms with Crippen LogP contribution < -0.4 is 5.73 Å². The average Bonchev–Trinajstić information content (AvgIpc) is 2.78. The van der Waals surface area contributed by atoms with E-state index in [1.54, 1.807) is 0 Å². The summed E-state index contributed by atoms with van der Waals surface area (Å²) >= 11 is 1.98. The summed E-state index contributed by atoms with van der Waals surface area (Å²) in [6.07, 6.45) is 0. The smallest absolute Gasteiger partial charge is 0.191 e. The largest absolute Gasteiger partial charge is 0.370 e. The quantitative estimate of drug-likeness (QED) is 0.453. The lowest BCUT2D eigenvalue weighted by molar-refractivity contribution is 0.455. The topological polar surface area (TPSA) is 46.5 Å². The van der Waals surface area contributed by atoms with E-state index in [0.29, 0.717) is 12.5 Å². The van der Waals surface area contributed by atoms with Crippen molar-refractivity contribution in [2.75, 3.05) is 24.6 Å². The first-order valence-corrected chi connectivity index (χ1v) is 8.49. The Kier molecular flexibility index (Phi) is 6.02. The van der Waals surface area contributed by atoms with Crippen molar-refractivity contribution < 1.29 is 0 Å². The second kappa shape index (κ2) is 7.59. The number of thioether (sulfide) groups is 1. The van der Waals surface area contributed by atoms with Crippen molar-refractivity contribution in [3.05, 3.63) is 35.5 Å². The third kappa shape index (κ3) is 3.37. The molecule has 4 nitrogen and oxygen atoms in total. The fourth-order valence-corrected chi connectivity index (χ4v) is 3.81. The van der Waals surface area contributed by atoms with E-state index in [0.717, 1.165) is 24.6 Å². The highest BCUT2D eigenvalue weighted by molar-refractivity contribution is 14.0. The molecule has 1 saturated heterocycles. The third-order valence-electron chi connectivity index (χ3n) is 4.23. The molecule has 120 valence electrons. The SMILES string of the molecule is Cc1c(CN=C(N)N2CCSCC2)n(C)c2ccccc12.I. The van der Waals surface area contributed by atoms with Crippen LogP contribution in [0, 0.1) is 6.92 Å². The second-order valence-electron chi connectivity index (χ2n) is 5.42. The van der Waals surface area contributed by atoms with Gasteiger partial charge >= 0.3 is 0 Å². The van der Waals surface area contributed by atoms with Gasteiger partial charge in [0.1, 0.15) is 0 Å². The minimum Gasteiger partial charge on any atom is -0.370 e.